The van der Waals surface area contributed by atoms with Crippen LogP contribution in [0, 0.1) is 0 Å². The Bertz CT molecular complexity index is 272. The van der Waals surface area contributed by atoms with Crippen LogP contribution in [0.5, 0.6) is 0 Å². The van der Waals surface area contributed by atoms with E-state index in [1.165, 1.54) is 68.6 Å². The first kappa shape index (κ1) is 24.7. The molecule has 144 valence electrons. The van der Waals surface area contributed by atoms with Gasteiger partial charge in [-0.3, -0.25) is 0 Å². The molecular formula is C21H46OSiSn. The molecule has 0 aromatic carbocycles. The Kier molecular flexibility index (Phi) is 17.7. The van der Waals surface area contributed by atoms with Crippen LogP contribution in [0.15, 0.2) is 12.2 Å². The van der Waals surface area contributed by atoms with Crippen LogP contribution >= 0.6 is 0 Å². The molecule has 1 atom stereocenters. The van der Waals surface area contributed by atoms with E-state index in [1.54, 1.807) is 13.3 Å². The maximum atomic E-state index is 5.46. The van der Waals surface area contributed by atoms with E-state index in [0.29, 0.717) is 6.10 Å². The molecule has 0 spiro atoms. The van der Waals surface area contributed by atoms with Crippen molar-refractivity contribution in [3.8, 4) is 0 Å². The second kappa shape index (κ2) is 17.1. The van der Waals surface area contributed by atoms with Gasteiger partial charge in [-0.1, -0.05) is 0 Å². The van der Waals surface area contributed by atoms with Gasteiger partial charge in [0.25, 0.3) is 0 Å². The van der Waals surface area contributed by atoms with Gasteiger partial charge in [0, 0.05) is 0 Å². The summed E-state index contributed by atoms with van der Waals surface area (Å²) in [6.07, 6.45) is 19.5. The van der Waals surface area contributed by atoms with Crippen LogP contribution < -0.4 is 0 Å². The fourth-order valence-corrected chi connectivity index (χ4v) is 19.1. The van der Waals surface area contributed by atoms with Crippen molar-refractivity contribution in [1.82, 2.24) is 0 Å². The van der Waals surface area contributed by atoms with Crippen molar-refractivity contribution in [2.24, 2.45) is 0 Å². The molecule has 0 aliphatic carbocycles. The number of allylic oxidation sites excluding steroid dienone is 2. The summed E-state index contributed by atoms with van der Waals surface area (Å²) in [5, 5.41) is 0. The van der Waals surface area contributed by atoms with Gasteiger partial charge in [0.15, 0.2) is 0 Å². The second-order valence-electron chi connectivity index (χ2n) is 7.82. The molecule has 0 aromatic heterocycles. The molecule has 0 fully saturated rings. The normalized spacial score (nSPS) is 13.8. The average Bonchev–Trinajstić information content (AvgIpc) is 2.61. The first-order valence-corrected chi connectivity index (χ1v) is 19.7. The first-order chi connectivity index (χ1) is 11.6. The third-order valence-corrected chi connectivity index (χ3v) is 21.6. The summed E-state index contributed by atoms with van der Waals surface area (Å²) in [7, 11) is 0.882. The number of hydrogen-bond acceptors (Lipinski definition) is 1. The molecule has 0 saturated carbocycles. The number of hydrogen-bond donors (Lipinski definition) is 0. The zero-order valence-corrected chi connectivity index (χ0v) is 22.4. The third-order valence-electron chi connectivity index (χ3n) is 5.53. The summed E-state index contributed by atoms with van der Waals surface area (Å²) in [4.78, 5) is 0. The Morgan fingerprint density at radius 1 is 0.833 bits per heavy atom. The van der Waals surface area contributed by atoms with Gasteiger partial charge >= 0.3 is 161 Å². The Balaban J connectivity index is 4.35. The monoisotopic (exact) mass is 462 g/mol. The Morgan fingerprint density at radius 2 is 1.38 bits per heavy atom. The van der Waals surface area contributed by atoms with E-state index in [2.05, 4.69) is 39.8 Å². The SMILES string of the molecule is CCC[CH2][Sn]([CH2]C=CCCCC[C@H](C)O[SiH3])([CH2]CCC)[CH2]CCC. The molecule has 0 heterocycles. The molecule has 0 rings (SSSR count). The second-order valence-corrected chi connectivity index (χ2v) is 22.3. The van der Waals surface area contributed by atoms with Crippen molar-refractivity contribution in [3.05, 3.63) is 12.2 Å². The topological polar surface area (TPSA) is 9.23 Å². The van der Waals surface area contributed by atoms with Crippen LogP contribution in [-0.4, -0.2) is 35.0 Å². The summed E-state index contributed by atoms with van der Waals surface area (Å²) < 4.78 is 11.9. The standard InChI is InChI=1S/C9H19OSi.3C4H9.Sn/c1-3-4-5-6-7-8-9(2)10-11;3*1-3-4-2;/h3-4,9H,1,5-8H2,2,11H3;3*1,3-4H2,2H3;/t9-;;;;/m0..../s1. The van der Waals surface area contributed by atoms with E-state index in [1.807, 2.05) is 0 Å². The van der Waals surface area contributed by atoms with Crippen molar-refractivity contribution in [2.75, 3.05) is 0 Å². The van der Waals surface area contributed by atoms with E-state index in [4.69, 9.17) is 4.43 Å². The molecule has 0 amide bonds. The van der Waals surface area contributed by atoms with Crippen molar-refractivity contribution < 1.29 is 4.43 Å². The van der Waals surface area contributed by atoms with E-state index >= 15 is 0 Å². The summed E-state index contributed by atoms with van der Waals surface area (Å²) in [6, 6.07) is 0. The Morgan fingerprint density at radius 3 is 1.83 bits per heavy atom. The van der Waals surface area contributed by atoms with Crippen LogP contribution in [0.4, 0.5) is 0 Å². The third kappa shape index (κ3) is 13.0. The van der Waals surface area contributed by atoms with Gasteiger partial charge in [0.2, 0.25) is 0 Å². The van der Waals surface area contributed by atoms with E-state index in [-0.39, 0.29) is 0 Å². The molecule has 0 radical (unpaired) electrons. The molecule has 0 bridgehead atoms. The van der Waals surface area contributed by atoms with Gasteiger partial charge in [-0.25, -0.2) is 0 Å². The molecule has 0 unspecified atom stereocenters. The van der Waals surface area contributed by atoms with Gasteiger partial charge in [-0.2, -0.15) is 0 Å². The summed E-state index contributed by atoms with van der Waals surface area (Å²) in [6.45, 7) is 9.32. The predicted octanol–water partition coefficient (Wildman–Crippen LogP) is 6.64. The van der Waals surface area contributed by atoms with Gasteiger partial charge in [-0.15, -0.1) is 0 Å². The van der Waals surface area contributed by atoms with Gasteiger partial charge < -0.3 is 0 Å². The van der Waals surface area contributed by atoms with Crippen molar-refractivity contribution in [2.45, 2.75) is 116 Å². The van der Waals surface area contributed by atoms with Crippen molar-refractivity contribution in [1.29, 1.82) is 0 Å². The van der Waals surface area contributed by atoms with Crippen molar-refractivity contribution in [3.63, 3.8) is 0 Å². The van der Waals surface area contributed by atoms with Crippen LogP contribution in [0.1, 0.15) is 91.9 Å². The number of rotatable bonds is 17. The van der Waals surface area contributed by atoms with E-state index in [0.717, 1.165) is 10.5 Å². The molecule has 3 heteroatoms. The summed E-state index contributed by atoms with van der Waals surface area (Å²) >= 11 is -1.89. The van der Waals surface area contributed by atoms with Gasteiger partial charge in [0.05, 0.1) is 0 Å². The Hall–Kier alpha value is 0.716. The summed E-state index contributed by atoms with van der Waals surface area (Å²) in [5.74, 6) is 0. The fourth-order valence-electron chi connectivity index (χ4n) is 3.60. The van der Waals surface area contributed by atoms with Crippen LogP contribution in [0.2, 0.25) is 17.7 Å². The fraction of sp³-hybridized carbons (Fsp3) is 0.905. The molecule has 1 nitrogen and oxygen atoms in total. The van der Waals surface area contributed by atoms with Crippen LogP contribution in [0.25, 0.3) is 0 Å². The van der Waals surface area contributed by atoms with Crippen molar-refractivity contribution >= 4 is 28.9 Å². The van der Waals surface area contributed by atoms with E-state index < -0.39 is 18.4 Å². The molecule has 0 aliphatic rings. The molecule has 24 heavy (non-hydrogen) atoms. The van der Waals surface area contributed by atoms with Crippen LogP contribution in [0.3, 0.4) is 0 Å². The molecule has 0 N–H and O–H groups in total. The maximum absolute atomic E-state index is 5.46. The zero-order valence-electron chi connectivity index (χ0n) is 17.5. The van der Waals surface area contributed by atoms with Crippen LogP contribution in [-0.2, 0) is 4.43 Å². The molecule has 0 aliphatic heterocycles. The quantitative estimate of drug-likeness (QED) is 0.134. The molecule has 0 aromatic rings. The molecular weight excluding hydrogens is 415 g/mol. The summed E-state index contributed by atoms with van der Waals surface area (Å²) in [5.41, 5.74) is 0. The van der Waals surface area contributed by atoms with Gasteiger partial charge in [0.1, 0.15) is 0 Å². The van der Waals surface area contributed by atoms with E-state index in [9.17, 15) is 0 Å². The molecule has 0 saturated heterocycles. The average molecular weight is 461 g/mol. The minimum atomic E-state index is -1.89. The zero-order chi connectivity index (χ0) is 18.1. The first-order valence-electron chi connectivity index (χ1n) is 10.8. The van der Waals surface area contributed by atoms with Gasteiger partial charge in [-0.05, 0) is 0 Å². The minimum absolute atomic E-state index is 0.488. The number of unbranched alkanes of at least 4 members (excludes halogenated alkanes) is 5. The Labute approximate surface area is 160 Å². The predicted molar refractivity (Wildman–Crippen MR) is 118 cm³/mol.